The summed E-state index contributed by atoms with van der Waals surface area (Å²) in [6, 6.07) is 6.18. The molecule has 0 bridgehead atoms. The predicted octanol–water partition coefficient (Wildman–Crippen LogP) is 0.916. The van der Waals surface area contributed by atoms with Crippen molar-refractivity contribution in [1.82, 2.24) is 4.90 Å². The van der Waals surface area contributed by atoms with E-state index in [0.29, 0.717) is 24.9 Å². The number of anilines is 1. The lowest BCUT2D eigenvalue weighted by molar-refractivity contribution is -0.124. The van der Waals surface area contributed by atoms with Gasteiger partial charge >= 0.3 is 0 Å². The van der Waals surface area contributed by atoms with E-state index in [0.717, 1.165) is 19.4 Å². The fourth-order valence-electron chi connectivity index (χ4n) is 3.49. The van der Waals surface area contributed by atoms with Gasteiger partial charge in [0, 0.05) is 18.3 Å². The second-order valence-electron chi connectivity index (χ2n) is 6.35. The zero-order valence-electron chi connectivity index (χ0n) is 13.5. The van der Waals surface area contributed by atoms with E-state index in [9.17, 15) is 13.2 Å². The van der Waals surface area contributed by atoms with Crippen molar-refractivity contribution >= 4 is 21.6 Å². The zero-order chi connectivity index (χ0) is 17.2. The molecule has 1 aromatic rings. The summed E-state index contributed by atoms with van der Waals surface area (Å²) < 4.78 is 28.3. The van der Waals surface area contributed by atoms with Crippen molar-refractivity contribution in [3.63, 3.8) is 0 Å². The Kier molecular flexibility index (Phi) is 5.19. The molecule has 1 aliphatic heterocycles. The van der Waals surface area contributed by atoms with Gasteiger partial charge in [-0.2, -0.15) is 0 Å². The number of hydrogen-bond donors (Lipinski definition) is 2. The molecule has 0 aromatic heterocycles. The predicted molar refractivity (Wildman–Crippen MR) is 90.0 cm³/mol. The van der Waals surface area contributed by atoms with E-state index in [-0.39, 0.29) is 16.9 Å². The van der Waals surface area contributed by atoms with Gasteiger partial charge in [0.1, 0.15) is 0 Å². The highest BCUT2D eigenvalue weighted by Crippen LogP contribution is 2.28. The number of nitrogens with two attached hydrogens (primary N) is 1. The number of carbonyl (C=O) groups is 1. The van der Waals surface area contributed by atoms with Gasteiger partial charge < -0.3 is 10.1 Å². The molecule has 3 rings (SSSR count). The molecule has 132 valence electrons. The number of sulfonamides is 1. The van der Waals surface area contributed by atoms with E-state index in [1.165, 1.54) is 25.0 Å². The van der Waals surface area contributed by atoms with Gasteiger partial charge in [-0.05, 0) is 37.1 Å². The lowest BCUT2D eigenvalue weighted by Gasteiger charge is -2.43. The van der Waals surface area contributed by atoms with Crippen molar-refractivity contribution in [3.8, 4) is 0 Å². The molecule has 0 spiro atoms. The average Bonchev–Trinajstić information content (AvgIpc) is 2.55. The molecule has 2 aliphatic rings. The van der Waals surface area contributed by atoms with E-state index in [2.05, 4.69) is 10.2 Å². The van der Waals surface area contributed by atoms with Crippen molar-refractivity contribution in [1.29, 1.82) is 0 Å². The molecule has 1 saturated heterocycles. The van der Waals surface area contributed by atoms with Gasteiger partial charge in [-0.15, -0.1) is 0 Å². The quantitative estimate of drug-likeness (QED) is 0.838. The standard InChI is InChI=1S/C16H23N3O4S/c17-24(21,22)13-7-5-12(6-8-13)18-16(20)11-19-9-10-23-15-4-2-1-3-14(15)19/h5-8,14-15H,1-4,9-11H2,(H,18,20)(H2,17,21,22). The van der Waals surface area contributed by atoms with E-state index < -0.39 is 10.0 Å². The molecule has 0 radical (unpaired) electrons. The van der Waals surface area contributed by atoms with Crippen molar-refractivity contribution in [2.75, 3.05) is 25.0 Å². The summed E-state index contributed by atoms with van der Waals surface area (Å²) in [6.07, 6.45) is 4.75. The van der Waals surface area contributed by atoms with E-state index in [4.69, 9.17) is 9.88 Å². The summed E-state index contributed by atoms with van der Waals surface area (Å²) in [6.45, 7) is 1.75. The molecule has 24 heavy (non-hydrogen) atoms. The minimum absolute atomic E-state index is 0.0266. The second kappa shape index (κ2) is 7.18. The Labute approximate surface area is 142 Å². The van der Waals surface area contributed by atoms with Crippen molar-refractivity contribution in [3.05, 3.63) is 24.3 Å². The fourth-order valence-corrected chi connectivity index (χ4v) is 4.00. The maximum atomic E-state index is 12.3. The van der Waals surface area contributed by atoms with Crippen molar-refractivity contribution < 1.29 is 17.9 Å². The lowest BCUT2D eigenvalue weighted by atomic mass is 9.90. The number of primary sulfonamides is 1. The maximum absolute atomic E-state index is 12.3. The average molecular weight is 353 g/mol. The zero-order valence-corrected chi connectivity index (χ0v) is 14.3. The number of nitrogens with one attached hydrogen (secondary N) is 1. The Bertz CT molecular complexity index is 688. The van der Waals surface area contributed by atoms with Crippen LogP contribution in [-0.2, 0) is 19.6 Å². The van der Waals surface area contributed by atoms with Gasteiger partial charge in [-0.3, -0.25) is 9.69 Å². The van der Waals surface area contributed by atoms with Crippen LogP contribution < -0.4 is 10.5 Å². The van der Waals surface area contributed by atoms with Crippen LogP contribution >= 0.6 is 0 Å². The number of benzene rings is 1. The number of amides is 1. The summed E-state index contributed by atoms with van der Waals surface area (Å²) >= 11 is 0. The number of carbonyl (C=O) groups excluding carboxylic acids is 1. The molecule has 8 heteroatoms. The molecule has 1 saturated carbocycles. The third-order valence-corrected chi connectivity index (χ3v) is 5.59. The molecule has 2 atom stereocenters. The van der Waals surface area contributed by atoms with E-state index in [1.807, 2.05) is 0 Å². The Morgan fingerprint density at radius 1 is 1.25 bits per heavy atom. The summed E-state index contributed by atoms with van der Waals surface area (Å²) in [4.78, 5) is 14.5. The SMILES string of the molecule is NS(=O)(=O)c1ccc(NC(=O)CN2CCOC3CCCCC32)cc1. The number of nitrogens with zero attached hydrogens (tertiary/aromatic N) is 1. The molecule has 7 nitrogen and oxygen atoms in total. The maximum Gasteiger partial charge on any atom is 0.238 e. The Morgan fingerprint density at radius 3 is 2.67 bits per heavy atom. The summed E-state index contributed by atoms with van der Waals surface area (Å²) in [5.41, 5.74) is 0.556. The topological polar surface area (TPSA) is 102 Å². The first kappa shape index (κ1) is 17.3. The van der Waals surface area contributed by atoms with Crippen molar-refractivity contribution in [2.45, 2.75) is 42.7 Å². The highest BCUT2D eigenvalue weighted by molar-refractivity contribution is 7.89. The minimum atomic E-state index is -3.72. The van der Waals surface area contributed by atoms with Crippen LogP contribution in [0.5, 0.6) is 0 Å². The van der Waals surface area contributed by atoms with Gasteiger partial charge in [-0.25, -0.2) is 13.6 Å². The summed E-state index contributed by atoms with van der Waals surface area (Å²) in [7, 11) is -3.72. The van der Waals surface area contributed by atoms with Crippen LogP contribution in [-0.4, -0.2) is 51.1 Å². The highest BCUT2D eigenvalue weighted by atomic mass is 32.2. The van der Waals surface area contributed by atoms with Crippen LogP contribution in [0.1, 0.15) is 25.7 Å². The lowest BCUT2D eigenvalue weighted by Crippen LogP contribution is -2.54. The normalized spacial score (nSPS) is 25.0. The van der Waals surface area contributed by atoms with E-state index in [1.54, 1.807) is 12.1 Å². The largest absolute Gasteiger partial charge is 0.375 e. The first-order valence-corrected chi connectivity index (χ1v) is 9.76. The van der Waals surface area contributed by atoms with Gasteiger partial charge in [0.25, 0.3) is 0 Å². The monoisotopic (exact) mass is 353 g/mol. The minimum Gasteiger partial charge on any atom is -0.375 e. The smallest absolute Gasteiger partial charge is 0.238 e. The van der Waals surface area contributed by atoms with Crippen LogP contribution in [0.2, 0.25) is 0 Å². The van der Waals surface area contributed by atoms with Crippen LogP contribution in [0.4, 0.5) is 5.69 Å². The fraction of sp³-hybridized carbons (Fsp3) is 0.562. The van der Waals surface area contributed by atoms with Gasteiger partial charge in [0.05, 0.1) is 24.2 Å². The summed E-state index contributed by atoms with van der Waals surface area (Å²) in [5, 5.41) is 7.87. The Balaban J connectivity index is 1.59. The number of morpholine rings is 1. The van der Waals surface area contributed by atoms with Crippen LogP contribution in [0.3, 0.4) is 0 Å². The third kappa shape index (κ3) is 4.13. The molecular formula is C16H23N3O4S. The molecule has 3 N–H and O–H groups in total. The molecular weight excluding hydrogens is 330 g/mol. The number of fused-ring (bicyclic) bond motifs is 1. The van der Waals surface area contributed by atoms with E-state index >= 15 is 0 Å². The first-order valence-electron chi connectivity index (χ1n) is 8.22. The number of hydrogen-bond acceptors (Lipinski definition) is 5. The summed E-state index contributed by atoms with van der Waals surface area (Å²) in [5.74, 6) is -0.107. The molecule has 1 aliphatic carbocycles. The third-order valence-electron chi connectivity index (χ3n) is 4.66. The first-order chi connectivity index (χ1) is 11.4. The van der Waals surface area contributed by atoms with Crippen molar-refractivity contribution in [2.24, 2.45) is 5.14 Å². The molecule has 1 heterocycles. The van der Waals surface area contributed by atoms with Crippen LogP contribution in [0.15, 0.2) is 29.2 Å². The Morgan fingerprint density at radius 2 is 1.96 bits per heavy atom. The van der Waals surface area contributed by atoms with Gasteiger partial charge in [-0.1, -0.05) is 12.8 Å². The Hall–Kier alpha value is -1.48. The molecule has 1 aromatic carbocycles. The van der Waals surface area contributed by atoms with Crippen LogP contribution in [0, 0.1) is 0 Å². The molecule has 2 unspecified atom stereocenters. The number of ether oxygens (including phenoxy) is 1. The molecule has 1 amide bonds. The highest BCUT2D eigenvalue weighted by Gasteiger charge is 2.34. The number of rotatable bonds is 4. The van der Waals surface area contributed by atoms with Gasteiger partial charge in [0.2, 0.25) is 15.9 Å². The second-order valence-corrected chi connectivity index (χ2v) is 7.91. The van der Waals surface area contributed by atoms with Crippen LogP contribution in [0.25, 0.3) is 0 Å². The molecule has 2 fully saturated rings. The van der Waals surface area contributed by atoms with Gasteiger partial charge in [0.15, 0.2) is 0 Å².